The zero-order valence-corrected chi connectivity index (χ0v) is 10.3. The zero-order chi connectivity index (χ0) is 13.9. The molecule has 1 N–H and O–H groups in total. The van der Waals surface area contributed by atoms with Gasteiger partial charge in [-0.25, -0.2) is 13.9 Å². The normalized spacial score (nSPS) is 10.7. The minimum Gasteiger partial charge on any atom is -0.348 e. The summed E-state index contributed by atoms with van der Waals surface area (Å²) in [6, 6.07) is 3.09. The largest absolute Gasteiger partial charge is 0.348 e. The van der Waals surface area contributed by atoms with Gasteiger partial charge in [0.1, 0.15) is 0 Å². The Morgan fingerprint density at radius 2 is 2.25 bits per heavy atom. The minimum absolute atomic E-state index is 0.0376. The minimum atomic E-state index is -0.650. The molecule has 0 fully saturated rings. The third kappa shape index (κ3) is 2.20. The molecule has 0 aromatic carbocycles. The molecule has 1 amide bonds. The first kappa shape index (κ1) is 12.2. The van der Waals surface area contributed by atoms with Crippen LogP contribution in [0, 0.1) is 5.82 Å². The van der Waals surface area contributed by atoms with Crippen molar-refractivity contribution < 1.29 is 9.18 Å². The Balaban J connectivity index is 1.77. The molecule has 20 heavy (non-hydrogen) atoms. The number of hydrogen-bond donors (Lipinski definition) is 1. The molecular formula is C13H10FN5O. The Kier molecular flexibility index (Phi) is 3.08. The van der Waals surface area contributed by atoms with Gasteiger partial charge in [0.15, 0.2) is 11.5 Å². The predicted molar refractivity (Wildman–Crippen MR) is 68.4 cm³/mol. The molecule has 6 nitrogen and oxygen atoms in total. The first-order chi connectivity index (χ1) is 9.75. The van der Waals surface area contributed by atoms with Gasteiger partial charge in [0.25, 0.3) is 5.91 Å². The van der Waals surface area contributed by atoms with E-state index >= 15 is 0 Å². The summed E-state index contributed by atoms with van der Waals surface area (Å²) in [5, 5.41) is 6.74. The molecule has 3 rings (SSSR count). The first-order valence-corrected chi connectivity index (χ1v) is 5.90. The molecule has 3 aromatic rings. The topological polar surface area (TPSA) is 72.2 Å². The van der Waals surface area contributed by atoms with E-state index in [0.29, 0.717) is 5.65 Å². The monoisotopic (exact) mass is 271 g/mol. The maximum absolute atomic E-state index is 13.4. The molecule has 0 unspecified atom stereocenters. The lowest BCUT2D eigenvalue weighted by atomic mass is 10.2. The number of fused-ring (bicyclic) bond motifs is 1. The second kappa shape index (κ2) is 5.04. The SMILES string of the molecule is O=C(NCc1cnn2cccnc12)c1ccncc1F. The van der Waals surface area contributed by atoms with E-state index < -0.39 is 11.7 Å². The van der Waals surface area contributed by atoms with Crippen LogP contribution in [-0.4, -0.2) is 25.5 Å². The van der Waals surface area contributed by atoms with Crippen LogP contribution >= 0.6 is 0 Å². The molecule has 0 aliphatic heterocycles. The number of pyridine rings is 1. The molecule has 0 aliphatic rings. The summed E-state index contributed by atoms with van der Waals surface area (Å²) in [4.78, 5) is 19.6. The van der Waals surface area contributed by atoms with Crippen molar-refractivity contribution in [2.45, 2.75) is 6.54 Å². The maximum Gasteiger partial charge on any atom is 0.254 e. The fraction of sp³-hybridized carbons (Fsp3) is 0.0769. The quantitative estimate of drug-likeness (QED) is 0.776. The average molecular weight is 271 g/mol. The number of nitrogens with zero attached hydrogens (tertiary/aromatic N) is 4. The highest BCUT2D eigenvalue weighted by atomic mass is 19.1. The van der Waals surface area contributed by atoms with Crippen molar-refractivity contribution in [3.63, 3.8) is 0 Å². The smallest absolute Gasteiger partial charge is 0.254 e. The molecule has 100 valence electrons. The molecule has 0 radical (unpaired) electrons. The van der Waals surface area contributed by atoms with Crippen molar-refractivity contribution in [1.82, 2.24) is 24.9 Å². The highest BCUT2D eigenvalue weighted by molar-refractivity contribution is 5.94. The van der Waals surface area contributed by atoms with E-state index in [9.17, 15) is 9.18 Å². The summed E-state index contributed by atoms with van der Waals surface area (Å²) < 4.78 is 15.0. The van der Waals surface area contributed by atoms with Crippen LogP contribution in [0.3, 0.4) is 0 Å². The Bertz CT molecular complexity index is 770. The van der Waals surface area contributed by atoms with Crippen molar-refractivity contribution in [2.24, 2.45) is 0 Å². The fourth-order valence-electron chi connectivity index (χ4n) is 1.83. The van der Waals surface area contributed by atoms with Gasteiger partial charge in [-0.1, -0.05) is 0 Å². The number of amides is 1. The van der Waals surface area contributed by atoms with Crippen LogP contribution in [0.15, 0.2) is 43.1 Å². The van der Waals surface area contributed by atoms with E-state index in [1.807, 2.05) is 0 Å². The lowest BCUT2D eigenvalue weighted by Crippen LogP contribution is -2.23. The molecule has 0 atom stereocenters. The molecule has 0 spiro atoms. The van der Waals surface area contributed by atoms with Crippen LogP contribution in [0.4, 0.5) is 4.39 Å². The Labute approximate surface area is 113 Å². The zero-order valence-electron chi connectivity index (χ0n) is 10.3. The van der Waals surface area contributed by atoms with E-state index in [-0.39, 0.29) is 12.1 Å². The van der Waals surface area contributed by atoms with E-state index in [0.717, 1.165) is 11.8 Å². The van der Waals surface area contributed by atoms with Crippen LogP contribution in [0.2, 0.25) is 0 Å². The Morgan fingerprint density at radius 1 is 1.35 bits per heavy atom. The number of rotatable bonds is 3. The van der Waals surface area contributed by atoms with E-state index in [4.69, 9.17) is 0 Å². The summed E-state index contributed by atoms with van der Waals surface area (Å²) in [5.74, 6) is -1.15. The highest BCUT2D eigenvalue weighted by Crippen LogP contribution is 2.08. The molecule has 3 heterocycles. The Morgan fingerprint density at radius 3 is 3.10 bits per heavy atom. The third-order valence-corrected chi connectivity index (χ3v) is 2.81. The summed E-state index contributed by atoms with van der Waals surface area (Å²) >= 11 is 0. The van der Waals surface area contributed by atoms with Crippen molar-refractivity contribution in [2.75, 3.05) is 0 Å². The van der Waals surface area contributed by atoms with Gasteiger partial charge in [0.2, 0.25) is 0 Å². The predicted octanol–water partition coefficient (Wildman–Crippen LogP) is 1.19. The molecule has 0 saturated heterocycles. The standard InChI is InChI=1S/C13H10FN5O/c14-11-8-15-4-2-10(11)13(20)17-6-9-7-18-19-5-1-3-16-12(9)19/h1-5,7-8H,6H2,(H,17,20). The number of carbonyl (C=O) groups is 1. The van der Waals surface area contributed by atoms with Crippen molar-refractivity contribution in [3.05, 3.63) is 60.1 Å². The van der Waals surface area contributed by atoms with Crippen LogP contribution in [0.25, 0.3) is 5.65 Å². The van der Waals surface area contributed by atoms with E-state index in [1.165, 1.54) is 12.3 Å². The molecular weight excluding hydrogens is 261 g/mol. The van der Waals surface area contributed by atoms with Gasteiger partial charge < -0.3 is 5.32 Å². The molecule has 7 heteroatoms. The first-order valence-electron chi connectivity index (χ1n) is 5.90. The van der Waals surface area contributed by atoms with Crippen molar-refractivity contribution >= 4 is 11.6 Å². The van der Waals surface area contributed by atoms with Gasteiger partial charge in [-0.05, 0) is 12.1 Å². The molecule has 0 saturated carbocycles. The van der Waals surface area contributed by atoms with Gasteiger partial charge in [0, 0.05) is 30.7 Å². The number of carbonyl (C=O) groups excluding carboxylic acids is 1. The highest BCUT2D eigenvalue weighted by Gasteiger charge is 2.12. The van der Waals surface area contributed by atoms with Crippen molar-refractivity contribution in [1.29, 1.82) is 0 Å². The van der Waals surface area contributed by atoms with Gasteiger partial charge >= 0.3 is 0 Å². The number of hydrogen-bond acceptors (Lipinski definition) is 4. The van der Waals surface area contributed by atoms with Crippen LogP contribution in [0.1, 0.15) is 15.9 Å². The average Bonchev–Trinajstić information content (AvgIpc) is 2.88. The lowest BCUT2D eigenvalue weighted by molar-refractivity contribution is 0.0947. The molecule has 0 bridgehead atoms. The summed E-state index contributed by atoms with van der Waals surface area (Å²) in [6.45, 7) is 0.223. The number of aromatic nitrogens is 4. The van der Waals surface area contributed by atoms with Crippen molar-refractivity contribution in [3.8, 4) is 0 Å². The second-order valence-electron chi connectivity index (χ2n) is 4.10. The fourth-order valence-corrected chi connectivity index (χ4v) is 1.83. The van der Waals surface area contributed by atoms with Crippen LogP contribution in [-0.2, 0) is 6.54 Å². The summed E-state index contributed by atoms with van der Waals surface area (Å²) in [7, 11) is 0. The van der Waals surface area contributed by atoms with Gasteiger partial charge in [-0.15, -0.1) is 0 Å². The summed E-state index contributed by atoms with van der Waals surface area (Å²) in [6.07, 6.45) is 7.40. The van der Waals surface area contributed by atoms with Gasteiger partial charge in [0.05, 0.1) is 18.0 Å². The number of nitrogens with one attached hydrogen (secondary N) is 1. The van der Waals surface area contributed by atoms with Gasteiger partial charge in [-0.2, -0.15) is 5.10 Å². The Hall–Kier alpha value is -2.83. The van der Waals surface area contributed by atoms with E-state index in [1.54, 1.807) is 29.2 Å². The van der Waals surface area contributed by atoms with Crippen LogP contribution < -0.4 is 5.32 Å². The second-order valence-corrected chi connectivity index (χ2v) is 4.10. The van der Waals surface area contributed by atoms with E-state index in [2.05, 4.69) is 20.4 Å². The lowest BCUT2D eigenvalue weighted by Gasteiger charge is -2.04. The van der Waals surface area contributed by atoms with Crippen LogP contribution in [0.5, 0.6) is 0 Å². The maximum atomic E-state index is 13.4. The molecule has 3 aromatic heterocycles. The summed E-state index contributed by atoms with van der Waals surface area (Å²) in [5.41, 5.74) is 1.38. The molecule has 0 aliphatic carbocycles. The third-order valence-electron chi connectivity index (χ3n) is 2.81. The number of halogens is 1. The van der Waals surface area contributed by atoms with Gasteiger partial charge in [-0.3, -0.25) is 9.78 Å².